The van der Waals surface area contributed by atoms with Crippen LogP contribution in [0.5, 0.6) is 0 Å². The molecule has 0 saturated carbocycles. The van der Waals surface area contributed by atoms with Gasteiger partial charge in [0.05, 0.1) is 5.56 Å². The first-order valence-electron chi connectivity index (χ1n) is 6.45. The maximum atomic E-state index is 12.7. The summed E-state index contributed by atoms with van der Waals surface area (Å²) in [6, 6.07) is 5.11. The molecule has 0 aliphatic carbocycles. The highest BCUT2D eigenvalue weighted by molar-refractivity contribution is 9.10. The van der Waals surface area contributed by atoms with Crippen LogP contribution in [0.15, 0.2) is 39.7 Å². The van der Waals surface area contributed by atoms with Crippen LogP contribution in [0, 0.1) is 6.92 Å². The minimum atomic E-state index is -4.39. The molecule has 3 nitrogen and oxygen atoms in total. The quantitative estimate of drug-likeness (QED) is 0.877. The van der Waals surface area contributed by atoms with Crippen LogP contribution in [0.25, 0.3) is 0 Å². The van der Waals surface area contributed by atoms with Crippen molar-refractivity contribution >= 4 is 21.6 Å². The van der Waals surface area contributed by atoms with Crippen LogP contribution in [0.1, 0.15) is 16.7 Å². The first-order chi connectivity index (χ1) is 10.2. The van der Waals surface area contributed by atoms with Crippen LogP contribution in [-0.2, 0) is 19.8 Å². The van der Waals surface area contributed by atoms with E-state index < -0.39 is 11.7 Å². The number of aryl methyl sites for hydroxylation is 2. The average molecular weight is 375 g/mol. The number of hydrogen-bond acceptors (Lipinski definition) is 2. The van der Waals surface area contributed by atoms with Crippen LogP contribution >= 0.6 is 15.9 Å². The molecule has 0 atom stereocenters. The maximum absolute atomic E-state index is 12.7. The van der Waals surface area contributed by atoms with Crippen molar-refractivity contribution in [2.45, 2.75) is 19.6 Å². The van der Waals surface area contributed by atoms with E-state index in [1.807, 2.05) is 6.92 Å². The standard InChI is InChI=1S/C15H14BrF3N2O/c1-9-5-13(14(22)21(2)8-9)20-7-10-6-11(15(17,18)19)3-4-12(10)16/h3-6,8,20H,7H2,1-2H3. The van der Waals surface area contributed by atoms with Gasteiger partial charge in [-0.2, -0.15) is 13.2 Å². The van der Waals surface area contributed by atoms with E-state index in [1.165, 1.54) is 10.6 Å². The third kappa shape index (κ3) is 3.71. The predicted octanol–water partition coefficient (Wildman–Crippen LogP) is 4.09. The fraction of sp³-hybridized carbons (Fsp3) is 0.267. The Bertz CT molecular complexity index is 753. The van der Waals surface area contributed by atoms with E-state index in [1.54, 1.807) is 19.3 Å². The van der Waals surface area contributed by atoms with Crippen molar-refractivity contribution in [3.05, 3.63) is 62.0 Å². The van der Waals surface area contributed by atoms with Gasteiger partial charge in [-0.25, -0.2) is 0 Å². The Balaban J connectivity index is 2.27. The third-order valence-corrected chi connectivity index (χ3v) is 3.94. The van der Waals surface area contributed by atoms with Crippen molar-refractivity contribution in [1.82, 2.24) is 4.57 Å². The number of pyridine rings is 1. The minimum absolute atomic E-state index is 0.114. The summed E-state index contributed by atoms with van der Waals surface area (Å²) in [7, 11) is 1.63. The number of nitrogens with zero attached hydrogens (tertiary/aromatic N) is 1. The topological polar surface area (TPSA) is 34.0 Å². The molecular weight excluding hydrogens is 361 g/mol. The highest BCUT2D eigenvalue weighted by atomic mass is 79.9. The fourth-order valence-corrected chi connectivity index (χ4v) is 2.47. The molecule has 0 fully saturated rings. The lowest BCUT2D eigenvalue weighted by atomic mass is 10.1. The number of alkyl halides is 3. The van der Waals surface area contributed by atoms with Crippen molar-refractivity contribution < 1.29 is 13.2 Å². The number of anilines is 1. The molecular formula is C15H14BrF3N2O. The lowest BCUT2D eigenvalue weighted by Gasteiger charge is -2.13. The first-order valence-corrected chi connectivity index (χ1v) is 7.24. The molecule has 1 N–H and O–H groups in total. The van der Waals surface area contributed by atoms with Crippen LogP contribution in [0.2, 0.25) is 0 Å². The van der Waals surface area contributed by atoms with Crippen molar-refractivity contribution in [2.75, 3.05) is 5.32 Å². The number of benzene rings is 1. The van der Waals surface area contributed by atoms with Gasteiger partial charge in [0.15, 0.2) is 0 Å². The molecule has 0 unspecified atom stereocenters. The summed E-state index contributed by atoms with van der Waals surface area (Å²) in [4.78, 5) is 12.0. The van der Waals surface area contributed by atoms with Gasteiger partial charge in [0.25, 0.3) is 5.56 Å². The number of rotatable bonds is 3. The summed E-state index contributed by atoms with van der Waals surface area (Å²) >= 11 is 3.23. The molecule has 0 bridgehead atoms. The van der Waals surface area contributed by atoms with Crippen molar-refractivity contribution in [3.8, 4) is 0 Å². The third-order valence-electron chi connectivity index (χ3n) is 3.16. The maximum Gasteiger partial charge on any atom is 0.416 e. The van der Waals surface area contributed by atoms with Crippen molar-refractivity contribution in [1.29, 1.82) is 0 Å². The van der Waals surface area contributed by atoms with E-state index in [-0.39, 0.29) is 12.1 Å². The molecule has 22 heavy (non-hydrogen) atoms. The van der Waals surface area contributed by atoms with E-state index in [2.05, 4.69) is 21.2 Å². The molecule has 0 spiro atoms. The van der Waals surface area contributed by atoms with Crippen LogP contribution in [0.4, 0.5) is 18.9 Å². The molecule has 2 aromatic rings. The zero-order valence-electron chi connectivity index (χ0n) is 12.0. The van der Waals surface area contributed by atoms with E-state index in [0.717, 1.165) is 17.7 Å². The molecule has 0 aliphatic heterocycles. The minimum Gasteiger partial charge on any atom is -0.376 e. The second-order valence-electron chi connectivity index (χ2n) is 5.00. The molecule has 0 aliphatic rings. The summed E-state index contributed by atoms with van der Waals surface area (Å²) in [6.07, 6.45) is -2.71. The second kappa shape index (κ2) is 6.16. The van der Waals surface area contributed by atoms with Gasteiger partial charge in [0, 0.05) is 24.3 Å². The Labute approximate surface area is 133 Å². The fourth-order valence-electron chi connectivity index (χ4n) is 2.08. The van der Waals surface area contributed by atoms with Crippen molar-refractivity contribution in [3.63, 3.8) is 0 Å². The van der Waals surface area contributed by atoms with Gasteiger partial charge in [0.1, 0.15) is 5.69 Å². The highest BCUT2D eigenvalue weighted by Crippen LogP contribution is 2.32. The molecule has 1 heterocycles. The van der Waals surface area contributed by atoms with E-state index in [0.29, 0.717) is 15.7 Å². The smallest absolute Gasteiger partial charge is 0.376 e. The van der Waals surface area contributed by atoms with Gasteiger partial charge in [-0.3, -0.25) is 4.79 Å². The zero-order chi connectivity index (χ0) is 16.5. The van der Waals surface area contributed by atoms with Gasteiger partial charge >= 0.3 is 6.18 Å². The number of halogens is 4. The molecule has 7 heteroatoms. The molecule has 1 aromatic heterocycles. The molecule has 118 valence electrons. The van der Waals surface area contributed by atoms with Gasteiger partial charge in [-0.05, 0) is 42.3 Å². The van der Waals surface area contributed by atoms with Gasteiger partial charge in [-0.1, -0.05) is 15.9 Å². The van der Waals surface area contributed by atoms with E-state index in [4.69, 9.17) is 0 Å². The number of hydrogen-bond donors (Lipinski definition) is 1. The summed E-state index contributed by atoms with van der Waals surface area (Å²) in [5, 5.41) is 2.90. The van der Waals surface area contributed by atoms with Crippen LogP contribution in [-0.4, -0.2) is 4.57 Å². The largest absolute Gasteiger partial charge is 0.416 e. The molecule has 0 radical (unpaired) electrons. The Morgan fingerprint density at radius 1 is 1.27 bits per heavy atom. The SMILES string of the molecule is Cc1cc(NCc2cc(C(F)(F)F)ccc2Br)c(=O)n(C)c1. The average Bonchev–Trinajstić information content (AvgIpc) is 2.41. The lowest BCUT2D eigenvalue weighted by Crippen LogP contribution is -2.21. The summed E-state index contributed by atoms with van der Waals surface area (Å²) < 4.78 is 40.2. The molecule has 0 amide bonds. The predicted molar refractivity (Wildman–Crippen MR) is 82.9 cm³/mol. The number of nitrogens with one attached hydrogen (secondary N) is 1. The summed E-state index contributed by atoms with van der Waals surface area (Å²) in [5.74, 6) is 0. The van der Waals surface area contributed by atoms with Gasteiger partial charge < -0.3 is 9.88 Å². The van der Waals surface area contributed by atoms with Crippen LogP contribution < -0.4 is 10.9 Å². The van der Waals surface area contributed by atoms with Crippen LogP contribution in [0.3, 0.4) is 0 Å². The van der Waals surface area contributed by atoms with E-state index >= 15 is 0 Å². The Morgan fingerprint density at radius 2 is 1.95 bits per heavy atom. The molecule has 0 saturated heterocycles. The van der Waals surface area contributed by atoms with E-state index in [9.17, 15) is 18.0 Å². The van der Waals surface area contributed by atoms with Gasteiger partial charge in [-0.15, -0.1) is 0 Å². The summed E-state index contributed by atoms with van der Waals surface area (Å²) in [6.45, 7) is 1.95. The second-order valence-corrected chi connectivity index (χ2v) is 5.86. The highest BCUT2D eigenvalue weighted by Gasteiger charge is 2.30. The Hall–Kier alpha value is -1.76. The summed E-state index contributed by atoms with van der Waals surface area (Å²) in [5.41, 5.74) is 0.719. The molecule has 1 aromatic carbocycles. The first kappa shape index (κ1) is 16.6. The zero-order valence-corrected chi connectivity index (χ0v) is 13.5. The number of aromatic nitrogens is 1. The van der Waals surface area contributed by atoms with Gasteiger partial charge in [0.2, 0.25) is 0 Å². The Morgan fingerprint density at radius 3 is 2.59 bits per heavy atom. The monoisotopic (exact) mass is 374 g/mol. The lowest BCUT2D eigenvalue weighted by molar-refractivity contribution is -0.137. The molecule has 2 rings (SSSR count). The Kier molecular flexibility index (Phi) is 4.65. The van der Waals surface area contributed by atoms with Crippen molar-refractivity contribution in [2.24, 2.45) is 7.05 Å². The normalized spacial score (nSPS) is 11.5.